The van der Waals surface area contributed by atoms with Gasteiger partial charge >= 0.3 is 0 Å². The lowest BCUT2D eigenvalue weighted by molar-refractivity contribution is -0.120. The van der Waals surface area contributed by atoms with Crippen molar-refractivity contribution in [3.05, 3.63) is 22.7 Å². The Kier molecular flexibility index (Phi) is 4.81. The molecule has 1 N–H and O–H groups in total. The first-order chi connectivity index (χ1) is 12.0. The second-order valence-corrected chi connectivity index (χ2v) is 6.70. The first-order valence-corrected chi connectivity index (χ1v) is 8.75. The van der Waals surface area contributed by atoms with Crippen LogP contribution in [0.3, 0.4) is 0 Å². The number of rotatable bonds is 4. The monoisotopic (exact) mass is 359 g/mol. The molecule has 3 heterocycles. The molecule has 2 aromatic rings. The van der Waals surface area contributed by atoms with Gasteiger partial charge in [0.25, 0.3) is 0 Å². The summed E-state index contributed by atoms with van der Waals surface area (Å²) in [5.74, 6) is 0.566. The second kappa shape index (κ2) is 7.03. The number of nitriles is 1. The van der Waals surface area contributed by atoms with Crippen molar-refractivity contribution in [2.75, 3.05) is 23.3 Å². The minimum Gasteiger partial charge on any atom is -0.424 e. The Hall–Kier alpha value is -2.73. The van der Waals surface area contributed by atoms with E-state index in [1.54, 1.807) is 12.3 Å². The summed E-state index contributed by atoms with van der Waals surface area (Å²) in [4.78, 5) is 33.7. The molecular weight excluding hydrogens is 342 g/mol. The zero-order valence-electron chi connectivity index (χ0n) is 13.9. The maximum atomic E-state index is 12.4. The van der Waals surface area contributed by atoms with Gasteiger partial charge in [0.1, 0.15) is 11.8 Å². The molecule has 0 spiro atoms. The number of aryl methyl sites for hydroxylation is 1. The van der Waals surface area contributed by atoms with E-state index in [9.17, 15) is 9.59 Å². The van der Waals surface area contributed by atoms with Gasteiger partial charge in [0.15, 0.2) is 16.8 Å². The first kappa shape index (κ1) is 17.1. The van der Waals surface area contributed by atoms with Gasteiger partial charge in [-0.2, -0.15) is 5.26 Å². The minimum atomic E-state index is -0.143. The molecule has 130 valence electrons. The predicted octanol–water partition coefficient (Wildman–Crippen LogP) is 2.37. The highest BCUT2D eigenvalue weighted by Crippen LogP contribution is 2.28. The third kappa shape index (κ3) is 3.69. The average molecular weight is 359 g/mol. The standard InChI is InChI=1S/C16H17N5O3S/c1-9(22)13-8-25-16(19-13)20-14(23)11-3-5-21(6-4-11)15-12(7-17)18-10(2)24-15/h8,11H,3-6H2,1-2H3,(H,19,20,23). The van der Waals surface area contributed by atoms with E-state index < -0.39 is 0 Å². The van der Waals surface area contributed by atoms with Crippen molar-refractivity contribution in [1.82, 2.24) is 9.97 Å². The molecule has 0 aliphatic carbocycles. The van der Waals surface area contributed by atoms with Crippen LogP contribution < -0.4 is 10.2 Å². The number of aromatic nitrogens is 2. The van der Waals surface area contributed by atoms with E-state index in [0.29, 0.717) is 48.5 Å². The highest BCUT2D eigenvalue weighted by molar-refractivity contribution is 7.14. The van der Waals surface area contributed by atoms with Gasteiger partial charge in [-0.15, -0.1) is 11.3 Å². The molecule has 3 rings (SSSR count). The summed E-state index contributed by atoms with van der Waals surface area (Å²) in [7, 11) is 0. The van der Waals surface area contributed by atoms with Crippen molar-refractivity contribution in [2.24, 2.45) is 5.92 Å². The molecule has 0 atom stereocenters. The van der Waals surface area contributed by atoms with Crippen LogP contribution >= 0.6 is 11.3 Å². The number of anilines is 2. The van der Waals surface area contributed by atoms with Gasteiger partial charge in [0.2, 0.25) is 17.5 Å². The number of hydrogen-bond donors (Lipinski definition) is 1. The van der Waals surface area contributed by atoms with Gasteiger partial charge in [0, 0.05) is 38.2 Å². The molecule has 25 heavy (non-hydrogen) atoms. The van der Waals surface area contributed by atoms with Gasteiger partial charge < -0.3 is 14.6 Å². The fourth-order valence-corrected chi connectivity index (χ4v) is 3.50. The highest BCUT2D eigenvalue weighted by Gasteiger charge is 2.28. The minimum absolute atomic E-state index is 0.0987. The molecule has 8 nitrogen and oxygen atoms in total. The van der Waals surface area contributed by atoms with Gasteiger partial charge in [-0.1, -0.05) is 0 Å². The topological polar surface area (TPSA) is 112 Å². The Morgan fingerprint density at radius 1 is 1.40 bits per heavy atom. The van der Waals surface area contributed by atoms with Crippen molar-refractivity contribution < 1.29 is 14.0 Å². The Morgan fingerprint density at radius 3 is 2.72 bits per heavy atom. The normalized spacial score (nSPS) is 15.0. The number of ketones is 1. The van der Waals surface area contributed by atoms with E-state index >= 15 is 0 Å². The van der Waals surface area contributed by atoms with Gasteiger partial charge in [-0.25, -0.2) is 9.97 Å². The van der Waals surface area contributed by atoms with E-state index in [4.69, 9.17) is 9.68 Å². The maximum Gasteiger partial charge on any atom is 0.234 e. The zero-order valence-corrected chi connectivity index (χ0v) is 14.7. The summed E-state index contributed by atoms with van der Waals surface area (Å²) in [5.41, 5.74) is 0.639. The largest absolute Gasteiger partial charge is 0.424 e. The summed E-state index contributed by atoms with van der Waals surface area (Å²) in [6, 6.07) is 2.03. The van der Waals surface area contributed by atoms with E-state index in [2.05, 4.69) is 15.3 Å². The van der Waals surface area contributed by atoms with E-state index in [0.717, 1.165) is 0 Å². The van der Waals surface area contributed by atoms with Crippen LogP contribution in [0.4, 0.5) is 11.0 Å². The fourth-order valence-electron chi connectivity index (χ4n) is 2.75. The number of nitrogens with zero attached hydrogens (tertiary/aromatic N) is 4. The van der Waals surface area contributed by atoms with Crippen LogP contribution in [0.1, 0.15) is 41.8 Å². The van der Waals surface area contributed by atoms with Crippen molar-refractivity contribution in [2.45, 2.75) is 26.7 Å². The molecular formula is C16H17N5O3S. The second-order valence-electron chi connectivity index (χ2n) is 5.84. The van der Waals surface area contributed by atoms with Crippen LogP contribution in [-0.4, -0.2) is 34.7 Å². The molecule has 1 fully saturated rings. The molecule has 0 bridgehead atoms. The fraction of sp³-hybridized carbons (Fsp3) is 0.438. The number of oxazole rings is 1. The van der Waals surface area contributed by atoms with Crippen molar-refractivity contribution in [1.29, 1.82) is 5.26 Å². The highest BCUT2D eigenvalue weighted by atomic mass is 32.1. The number of carbonyl (C=O) groups excluding carboxylic acids is 2. The number of amides is 1. The summed E-state index contributed by atoms with van der Waals surface area (Å²) < 4.78 is 5.51. The molecule has 1 aliphatic rings. The quantitative estimate of drug-likeness (QED) is 0.834. The number of nitrogens with one attached hydrogen (secondary N) is 1. The summed E-state index contributed by atoms with van der Waals surface area (Å²) in [6.45, 7) is 4.36. The molecule has 1 aliphatic heterocycles. The van der Waals surface area contributed by atoms with E-state index in [1.807, 2.05) is 11.0 Å². The summed E-state index contributed by atoms with van der Waals surface area (Å²) in [5, 5.41) is 14.0. The molecule has 0 saturated carbocycles. The van der Waals surface area contributed by atoms with E-state index in [-0.39, 0.29) is 23.3 Å². The van der Waals surface area contributed by atoms with Crippen LogP contribution in [-0.2, 0) is 4.79 Å². The zero-order chi connectivity index (χ0) is 18.0. The lowest BCUT2D eigenvalue weighted by Crippen LogP contribution is -2.38. The lowest BCUT2D eigenvalue weighted by atomic mass is 9.96. The number of Topliss-reactive ketones (excluding diaryl/α,β-unsaturated/α-hetero) is 1. The van der Waals surface area contributed by atoms with Crippen LogP contribution in [0, 0.1) is 24.2 Å². The maximum absolute atomic E-state index is 12.4. The number of piperidine rings is 1. The van der Waals surface area contributed by atoms with Crippen molar-refractivity contribution >= 4 is 34.0 Å². The Balaban J connectivity index is 1.59. The third-order valence-corrected chi connectivity index (χ3v) is 4.83. The van der Waals surface area contributed by atoms with Crippen LogP contribution in [0.25, 0.3) is 0 Å². The third-order valence-electron chi connectivity index (χ3n) is 4.07. The molecule has 0 unspecified atom stereocenters. The molecule has 0 aromatic carbocycles. The smallest absolute Gasteiger partial charge is 0.234 e. The number of hydrogen-bond acceptors (Lipinski definition) is 8. The van der Waals surface area contributed by atoms with Crippen LogP contribution in [0.5, 0.6) is 0 Å². The molecule has 0 radical (unpaired) electrons. The van der Waals surface area contributed by atoms with Gasteiger partial charge in [-0.05, 0) is 12.8 Å². The SMILES string of the molecule is CC(=O)c1csc(NC(=O)C2CCN(c3oc(C)nc3C#N)CC2)n1. The number of carbonyl (C=O) groups is 2. The van der Waals surface area contributed by atoms with Crippen molar-refractivity contribution in [3.63, 3.8) is 0 Å². The summed E-state index contributed by atoms with van der Waals surface area (Å²) >= 11 is 1.24. The van der Waals surface area contributed by atoms with E-state index in [1.165, 1.54) is 18.3 Å². The summed E-state index contributed by atoms with van der Waals surface area (Å²) in [6.07, 6.45) is 1.28. The first-order valence-electron chi connectivity index (χ1n) is 7.87. The molecule has 1 saturated heterocycles. The van der Waals surface area contributed by atoms with Gasteiger partial charge in [-0.3, -0.25) is 9.59 Å². The average Bonchev–Trinajstić information content (AvgIpc) is 3.21. The predicted molar refractivity (Wildman–Crippen MR) is 91.6 cm³/mol. The lowest BCUT2D eigenvalue weighted by Gasteiger charge is -2.30. The molecule has 2 aromatic heterocycles. The molecule has 1 amide bonds. The van der Waals surface area contributed by atoms with Crippen molar-refractivity contribution in [3.8, 4) is 6.07 Å². The Bertz CT molecular complexity index is 842. The Labute approximate surface area is 148 Å². The van der Waals surface area contributed by atoms with Crippen LogP contribution in [0.15, 0.2) is 9.80 Å². The van der Waals surface area contributed by atoms with Gasteiger partial charge in [0.05, 0.1) is 0 Å². The molecule has 9 heteroatoms. The van der Waals surface area contributed by atoms with Crippen LogP contribution in [0.2, 0.25) is 0 Å². The number of thiazole rings is 1. The Morgan fingerprint density at radius 2 is 2.12 bits per heavy atom.